The summed E-state index contributed by atoms with van der Waals surface area (Å²) in [7, 11) is 0. The van der Waals surface area contributed by atoms with Gasteiger partial charge in [-0.25, -0.2) is 0 Å². The third kappa shape index (κ3) is 4.01. The Morgan fingerprint density at radius 3 is 2.50 bits per heavy atom. The van der Waals surface area contributed by atoms with Crippen molar-refractivity contribution in [2.24, 2.45) is 0 Å². The van der Waals surface area contributed by atoms with Crippen LogP contribution >= 0.6 is 0 Å². The molecule has 0 spiro atoms. The van der Waals surface area contributed by atoms with Gasteiger partial charge in [0.2, 0.25) is 5.91 Å². The van der Waals surface area contributed by atoms with E-state index in [-0.39, 0.29) is 5.69 Å². The zero-order chi connectivity index (χ0) is 18.7. The van der Waals surface area contributed by atoms with Gasteiger partial charge in [0, 0.05) is 11.8 Å². The number of fused-ring (bicyclic) bond motifs is 1. The van der Waals surface area contributed by atoms with Gasteiger partial charge >= 0.3 is 6.18 Å². The number of carbonyl (C=O) groups is 1. The lowest BCUT2D eigenvalue weighted by molar-refractivity contribution is -0.137. The van der Waals surface area contributed by atoms with E-state index in [9.17, 15) is 18.0 Å². The summed E-state index contributed by atoms with van der Waals surface area (Å²) in [6.07, 6.45) is -4.55. The SMILES string of the molecule is CC(Nc1ccc2c(c1)OCCO2)C(=O)Nc1ccccc1C(F)(F)F. The first-order valence-electron chi connectivity index (χ1n) is 7.98. The normalized spacial score (nSPS) is 14.5. The summed E-state index contributed by atoms with van der Waals surface area (Å²) in [5.74, 6) is 0.575. The van der Waals surface area contributed by atoms with Crippen LogP contribution in [0.25, 0.3) is 0 Å². The molecule has 2 aromatic rings. The van der Waals surface area contributed by atoms with Gasteiger partial charge < -0.3 is 20.1 Å². The van der Waals surface area contributed by atoms with Gasteiger partial charge in [0.1, 0.15) is 19.3 Å². The van der Waals surface area contributed by atoms with Crippen molar-refractivity contribution in [3.63, 3.8) is 0 Å². The fourth-order valence-corrected chi connectivity index (χ4v) is 2.53. The van der Waals surface area contributed by atoms with Crippen LogP contribution in [0.2, 0.25) is 0 Å². The Labute approximate surface area is 148 Å². The van der Waals surface area contributed by atoms with Crippen molar-refractivity contribution in [1.29, 1.82) is 0 Å². The third-order valence-corrected chi connectivity index (χ3v) is 3.81. The molecule has 5 nitrogen and oxygen atoms in total. The molecule has 0 saturated carbocycles. The quantitative estimate of drug-likeness (QED) is 0.861. The zero-order valence-electron chi connectivity index (χ0n) is 13.9. The molecule has 8 heteroatoms. The zero-order valence-corrected chi connectivity index (χ0v) is 13.9. The Morgan fingerprint density at radius 2 is 1.77 bits per heavy atom. The second-order valence-electron chi connectivity index (χ2n) is 5.76. The summed E-state index contributed by atoms with van der Waals surface area (Å²) < 4.78 is 49.9. The molecule has 26 heavy (non-hydrogen) atoms. The minimum atomic E-state index is -4.55. The Kier molecular flexibility index (Phi) is 4.92. The maximum absolute atomic E-state index is 13.0. The number of amides is 1. The van der Waals surface area contributed by atoms with Crippen molar-refractivity contribution >= 4 is 17.3 Å². The highest BCUT2D eigenvalue weighted by atomic mass is 19.4. The van der Waals surface area contributed by atoms with Gasteiger partial charge in [-0.3, -0.25) is 4.79 Å². The topological polar surface area (TPSA) is 59.6 Å². The van der Waals surface area contributed by atoms with Crippen molar-refractivity contribution in [1.82, 2.24) is 0 Å². The van der Waals surface area contributed by atoms with Gasteiger partial charge in [0.25, 0.3) is 0 Å². The maximum atomic E-state index is 13.0. The molecule has 2 N–H and O–H groups in total. The van der Waals surface area contributed by atoms with E-state index in [0.29, 0.717) is 30.4 Å². The van der Waals surface area contributed by atoms with Crippen LogP contribution in [-0.2, 0) is 11.0 Å². The number of anilines is 2. The van der Waals surface area contributed by atoms with Gasteiger partial charge in [-0.05, 0) is 31.2 Å². The van der Waals surface area contributed by atoms with Gasteiger partial charge in [-0.15, -0.1) is 0 Å². The van der Waals surface area contributed by atoms with E-state index in [1.807, 2.05) is 0 Å². The second-order valence-corrected chi connectivity index (χ2v) is 5.76. The number of ether oxygens (including phenoxy) is 2. The minimum absolute atomic E-state index is 0.277. The molecule has 1 aliphatic rings. The summed E-state index contributed by atoms with van der Waals surface area (Å²) >= 11 is 0. The third-order valence-electron chi connectivity index (χ3n) is 3.81. The van der Waals surface area contributed by atoms with E-state index in [1.54, 1.807) is 25.1 Å². The van der Waals surface area contributed by atoms with Crippen molar-refractivity contribution in [3.05, 3.63) is 48.0 Å². The molecule has 1 aliphatic heterocycles. The summed E-state index contributed by atoms with van der Waals surface area (Å²) in [6, 6.07) is 9.19. The lowest BCUT2D eigenvalue weighted by atomic mass is 10.1. The number of hydrogen-bond acceptors (Lipinski definition) is 4. The number of alkyl halides is 3. The average molecular weight is 366 g/mol. The molecular weight excluding hydrogens is 349 g/mol. The number of hydrogen-bond donors (Lipinski definition) is 2. The molecule has 0 fully saturated rings. The Balaban J connectivity index is 1.69. The highest BCUT2D eigenvalue weighted by Gasteiger charge is 2.33. The maximum Gasteiger partial charge on any atom is 0.418 e. The van der Waals surface area contributed by atoms with Gasteiger partial charge in [-0.1, -0.05) is 12.1 Å². The molecule has 3 rings (SSSR count). The number of rotatable bonds is 4. The fourth-order valence-electron chi connectivity index (χ4n) is 2.53. The largest absolute Gasteiger partial charge is 0.486 e. The number of nitrogens with one attached hydrogen (secondary N) is 2. The Morgan fingerprint density at radius 1 is 1.08 bits per heavy atom. The van der Waals surface area contributed by atoms with Crippen LogP contribution in [-0.4, -0.2) is 25.2 Å². The molecule has 1 heterocycles. The standard InChI is InChI=1S/C18H17F3N2O3/c1-11(22-12-6-7-15-16(10-12)26-9-8-25-15)17(24)23-14-5-3-2-4-13(14)18(19,20)21/h2-7,10-11,22H,8-9H2,1H3,(H,23,24). The molecular formula is C18H17F3N2O3. The highest BCUT2D eigenvalue weighted by Crippen LogP contribution is 2.35. The molecule has 0 aliphatic carbocycles. The van der Waals surface area contributed by atoms with Crippen LogP contribution in [0.15, 0.2) is 42.5 Å². The summed E-state index contributed by atoms with van der Waals surface area (Å²) in [5.41, 5.74) is -0.568. The van der Waals surface area contributed by atoms with Gasteiger partial charge in [0.05, 0.1) is 11.3 Å². The van der Waals surface area contributed by atoms with E-state index >= 15 is 0 Å². The number of benzene rings is 2. The monoisotopic (exact) mass is 366 g/mol. The molecule has 0 bridgehead atoms. The molecule has 1 amide bonds. The number of para-hydroxylation sites is 1. The van der Waals surface area contributed by atoms with Crippen molar-refractivity contribution < 1.29 is 27.4 Å². The second kappa shape index (κ2) is 7.15. The van der Waals surface area contributed by atoms with Crippen LogP contribution in [0.3, 0.4) is 0 Å². The van der Waals surface area contributed by atoms with Crippen LogP contribution in [0.5, 0.6) is 11.5 Å². The number of carbonyl (C=O) groups excluding carboxylic acids is 1. The van der Waals surface area contributed by atoms with E-state index in [4.69, 9.17) is 9.47 Å². The predicted octanol–water partition coefficient (Wildman–Crippen LogP) is 3.92. The minimum Gasteiger partial charge on any atom is -0.486 e. The van der Waals surface area contributed by atoms with Crippen molar-refractivity contribution in [2.45, 2.75) is 19.1 Å². The van der Waals surface area contributed by atoms with Crippen molar-refractivity contribution in [2.75, 3.05) is 23.8 Å². The van der Waals surface area contributed by atoms with Gasteiger partial charge in [-0.2, -0.15) is 13.2 Å². The van der Waals surface area contributed by atoms with E-state index in [0.717, 1.165) is 6.07 Å². The first-order valence-corrected chi connectivity index (χ1v) is 7.98. The van der Waals surface area contributed by atoms with E-state index in [1.165, 1.54) is 18.2 Å². The van der Waals surface area contributed by atoms with Crippen molar-refractivity contribution in [3.8, 4) is 11.5 Å². The smallest absolute Gasteiger partial charge is 0.418 e. The summed E-state index contributed by atoms with van der Waals surface area (Å²) in [4.78, 5) is 12.3. The lowest BCUT2D eigenvalue weighted by Gasteiger charge is -2.21. The first kappa shape index (κ1) is 17.9. The van der Waals surface area contributed by atoms with Crippen LogP contribution in [0.4, 0.5) is 24.5 Å². The van der Waals surface area contributed by atoms with Gasteiger partial charge in [0.15, 0.2) is 11.5 Å². The van der Waals surface area contributed by atoms with E-state index in [2.05, 4.69) is 10.6 Å². The average Bonchev–Trinajstić information content (AvgIpc) is 2.61. The number of halogens is 3. The molecule has 1 unspecified atom stereocenters. The molecule has 0 aromatic heterocycles. The Bertz CT molecular complexity index is 809. The predicted molar refractivity (Wildman–Crippen MR) is 90.6 cm³/mol. The molecule has 138 valence electrons. The van der Waals surface area contributed by atoms with Crippen LogP contribution in [0, 0.1) is 0 Å². The van der Waals surface area contributed by atoms with Crippen LogP contribution in [0.1, 0.15) is 12.5 Å². The summed E-state index contributed by atoms with van der Waals surface area (Å²) in [5, 5.41) is 5.26. The molecule has 2 aromatic carbocycles. The van der Waals surface area contributed by atoms with Crippen LogP contribution < -0.4 is 20.1 Å². The highest BCUT2D eigenvalue weighted by molar-refractivity contribution is 5.97. The Hall–Kier alpha value is -2.90. The molecule has 0 radical (unpaired) electrons. The fraction of sp³-hybridized carbons (Fsp3) is 0.278. The molecule has 0 saturated heterocycles. The van der Waals surface area contributed by atoms with E-state index < -0.39 is 23.7 Å². The summed E-state index contributed by atoms with van der Waals surface area (Å²) in [6.45, 7) is 2.46. The first-order chi connectivity index (χ1) is 12.3. The molecule has 1 atom stereocenters. The lowest BCUT2D eigenvalue weighted by Crippen LogP contribution is -2.32.